The number of aromatic amines is 1. The molecule has 1 amide bonds. The topological polar surface area (TPSA) is 102 Å². The van der Waals surface area contributed by atoms with Gasteiger partial charge in [0.2, 0.25) is 0 Å². The summed E-state index contributed by atoms with van der Waals surface area (Å²) in [5.74, 6) is 0.268. The Morgan fingerprint density at radius 2 is 2.33 bits per heavy atom. The van der Waals surface area contributed by atoms with Crippen molar-refractivity contribution in [1.82, 2.24) is 20.0 Å². The van der Waals surface area contributed by atoms with Crippen LogP contribution in [0, 0.1) is 6.92 Å². The van der Waals surface area contributed by atoms with Crippen molar-refractivity contribution in [3.05, 3.63) is 23.1 Å². The molecule has 7 nitrogen and oxygen atoms in total. The molecule has 0 saturated heterocycles. The van der Waals surface area contributed by atoms with E-state index in [1.165, 1.54) is 0 Å². The fraction of sp³-hybridized carbons (Fsp3) is 0.364. The fourth-order valence-electron chi connectivity index (χ4n) is 1.73. The normalized spacial score (nSPS) is 10.6. The van der Waals surface area contributed by atoms with E-state index in [1.54, 1.807) is 17.8 Å². The van der Waals surface area contributed by atoms with Crippen molar-refractivity contribution >= 4 is 17.4 Å². The van der Waals surface area contributed by atoms with Gasteiger partial charge in [-0.05, 0) is 13.3 Å². The van der Waals surface area contributed by atoms with Crippen LogP contribution in [-0.2, 0) is 13.5 Å². The molecule has 7 heteroatoms. The molecule has 2 rings (SSSR count). The van der Waals surface area contributed by atoms with Gasteiger partial charge in [-0.2, -0.15) is 10.2 Å². The molecule has 2 aromatic heterocycles. The van der Waals surface area contributed by atoms with Crippen LogP contribution in [0.25, 0.3) is 0 Å². The van der Waals surface area contributed by atoms with Crippen LogP contribution in [0.1, 0.15) is 28.8 Å². The molecule has 0 atom stereocenters. The summed E-state index contributed by atoms with van der Waals surface area (Å²) in [7, 11) is 1.76. The minimum atomic E-state index is -0.341. The van der Waals surface area contributed by atoms with Crippen molar-refractivity contribution < 1.29 is 4.79 Å². The third-order valence-corrected chi connectivity index (χ3v) is 2.70. The number of nitrogens with two attached hydrogens (primary N) is 1. The minimum absolute atomic E-state index is 0.214. The lowest BCUT2D eigenvalue weighted by Gasteiger charge is -2.03. The first-order valence-corrected chi connectivity index (χ1v) is 5.67. The monoisotopic (exact) mass is 248 g/mol. The Kier molecular flexibility index (Phi) is 3.05. The van der Waals surface area contributed by atoms with Gasteiger partial charge in [0, 0.05) is 13.1 Å². The SMILES string of the molecule is CCc1[nH]nc(C(=O)Nc2cc(C)nn2C)c1N. The number of rotatable bonds is 3. The van der Waals surface area contributed by atoms with E-state index >= 15 is 0 Å². The lowest BCUT2D eigenvalue weighted by molar-refractivity contribution is 0.102. The van der Waals surface area contributed by atoms with Gasteiger partial charge in [0.05, 0.1) is 17.1 Å². The van der Waals surface area contributed by atoms with E-state index in [0.29, 0.717) is 17.9 Å². The molecule has 0 fully saturated rings. The summed E-state index contributed by atoms with van der Waals surface area (Å²) in [6.07, 6.45) is 0.705. The first-order valence-electron chi connectivity index (χ1n) is 5.67. The second-order valence-electron chi connectivity index (χ2n) is 4.07. The average Bonchev–Trinajstić information content (AvgIpc) is 2.82. The summed E-state index contributed by atoms with van der Waals surface area (Å²) >= 11 is 0. The predicted molar refractivity (Wildman–Crippen MR) is 68.3 cm³/mol. The first-order chi connectivity index (χ1) is 8.52. The van der Waals surface area contributed by atoms with Gasteiger partial charge in [-0.15, -0.1) is 0 Å². The van der Waals surface area contributed by atoms with Crippen LogP contribution in [0.4, 0.5) is 11.5 Å². The van der Waals surface area contributed by atoms with Crippen molar-refractivity contribution in [3.63, 3.8) is 0 Å². The highest BCUT2D eigenvalue weighted by Crippen LogP contribution is 2.16. The van der Waals surface area contributed by atoms with Crippen LogP contribution in [-0.4, -0.2) is 25.9 Å². The standard InChI is InChI=1S/C11H16N6O/c1-4-7-9(12)10(15-14-7)11(18)13-8-5-6(2)16-17(8)3/h5H,4,12H2,1-3H3,(H,13,18)(H,14,15). The molecule has 4 N–H and O–H groups in total. The number of H-pyrrole nitrogens is 1. The highest BCUT2D eigenvalue weighted by Gasteiger charge is 2.17. The number of hydrogen-bond acceptors (Lipinski definition) is 4. The van der Waals surface area contributed by atoms with E-state index in [9.17, 15) is 4.79 Å². The molecule has 2 heterocycles. The van der Waals surface area contributed by atoms with Gasteiger partial charge in [0.1, 0.15) is 5.82 Å². The Bertz CT molecular complexity index is 582. The molecule has 0 saturated carbocycles. The number of hydrogen-bond donors (Lipinski definition) is 3. The number of nitrogens with zero attached hydrogens (tertiary/aromatic N) is 3. The Balaban J connectivity index is 2.22. The van der Waals surface area contributed by atoms with Gasteiger partial charge < -0.3 is 11.1 Å². The second-order valence-corrected chi connectivity index (χ2v) is 4.07. The summed E-state index contributed by atoms with van der Waals surface area (Å²) < 4.78 is 1.59. The van der Waals surface area contributed by atoms with Gasteiger partial charge in [-0.3, -0.25) is 14.6 Å². The van der Waals surface area contributed by atoms with E-state index in [0.717, 1.165) is 11.4 Å². The zero-order chi connectivity index (χ0) is 13.3. The van der Waals surface area contributed by atoms with Crippen LogP contribution in [0.3, 0.4) is 0 Å². The Hall–Kier alpha value is -2.31. The molecule has 0 aliphatic heterocycles. The molecule has 0 spiro atoms. The zero-order valence-electron chi connectivity index (χ0n) is 10.6. The first kappa shape index (κ1) is 12.2. The predicted octanol–water partition coefficient (Wildman–Crippen LogP) is 0.849. The highest BCUT2D eigenvalue weighted by atomic mass is 16.2. The van der Waals surface area contributed by atoms with E-state index < -0.39 is 0 Å². The smallest absolute Gasteiger partial charge is 0.279 e. The van der Waals surface area contributed by atoms with Gasteiger partial charge in [-0.1, -0.05) is 6.92 Å². The maximum atomic E-state index is 12.0. The van der Waals surface area contributed by atoms with Crippen LogP contribution in [0.2, 0.25) is 0 Å². The third-order valence-electron chi connectivity index (χ3n) is 2.70. The Morgan fingerprint density at radius 3 is 2.83 bits per heavy atom. The zero-order valence-corrected chi connectivity index (χ0v) is 10.6. The van der Waals surface area contributed by atoms with Gasteiger partial charge >= 0.3 is 0 Å². The summed E-state index contributed by atoms with van der Waals surface area (Å²) in [6, 6.07) is 1.78. The van der Waals surface area contributed by atoms with Crippen molar-refractivity contribution in [3.8, 4) is 0 Å². The third kappa shape index (κ3) is 2.06. The van der Waals surface area contributed by atoms with E-state index in [1.807, 2.05) is 13.8 Å². The van der Waals surface area contributed by atoms with Crippen molar-refractivity contribution in [2.45, 2.75) is 20.3 Å². The molecule has 0 radical (unpaired) electrons. The molecule has 2 aromatic rings. The minimum Gasteiger partial charge on any atom is -0.395 e. The summed E-state index contributed by atoms with van der Waals surface area (Å²) in [5, 5.41) is 13.5. The molecule has 0 aliphatic rings. The van der Waals surface area contributed by atoms with Crippen LogP contribution >= 0.6 is 0 Å². The van der Waals surface area contributed by atoms with Crippen molar-refractivity contribution in [2.75, 3.05) is 11.1 Å². The van der Waals surface area contributed by atoms with Crippen LogP contribution in [0.5, 0.6) is 0 Å². The quantitative estimate of drug-likeness (QED) is 0.749. The number of nitrogens with one attached hydrogen (secondary N) is 2. The Morgan fingerprint density at radius 1 is 1.61 bits per heavy atom. The maximum absolute atomic E-state index is 12.0. The Labute approximate surface area is 104 Å². The molecule has 0 unspecified atom stereocenters. The largest absolute Gasteiger partial charge is 0.395 e. The number of anilines is 2. The van der Waals surface area contributed by atoms with E-state index in [2.05, 4.69) is 20.6 Å². The summed E-state index contributed by atoms with van der Waals surface area (Å²) in [4.78, 5) is 12.0. The average molecular weight is 248 g/mol. The molecule has 0 aromatic carbocycles. The molecule has 96 valence electrons. The molecule has 18 heavy (non-hydrogen) atoms. The van der Waals surface area contributed by atoms with Gasteiger partial charge in [0.15, 0.2) is 5.69 Å². The number of nitrogen functional groups attached to an aromatic ring is 1. The number of carbonyl (C=O) groups is 1. The fourth-order valence-corrected chi connectivity index (χ4v) is 1.73. The molecular weight excluding hydrogens is 232 g/mol. The van der Waals surface area contributed by atoms with Gasteiger partial charge in [0.25, 0.3) is 5.91 Å². The van der Waals surface area contributed by atoms with Crippen molar-refractivity contribution in [1.29, 1.82) is 0 Å². The number of aryl methyl sites for hydroxylation is 3. The number of aromatic nitrogens is 4. The van der Waals surface area contributed by atoms with E-state index in [4.69, 9.17) is 5.73 Å². The lowest BCUT2D eigenvalue weighted by atomic mass is 10.2. The number of amides is 1. The van der Waals surface area contributed by atoms with E-state index in [-0.39, 0.29) is 11.6 Å². The highest BCUT2D eigenvalue weighted by molar-refractivity contribution is 6.06. The van der Waals surface area contributed by atoms with Crippen molar-refractivity contribution in [2.24, 2.45) is 7.05 Å². The lowest BCUT2D eigenvalue weighted by Crippen LogP contribution is -2.16. The summed E-state index contributed by atoms with van der Waals surface area (Å²) in [5.41, 5.74) is 8.04. The van der Waals surface area contributed by atoms with Gasteiger partial charge in [-0.25, -0.2) is 0 Å². The maximum Gasteiger partial charge on any atom is 0.279 e. The molecule has 0 aliphatic carbocycles. The number of carbonyl (C=O) groups excluding carboxylic acids is 1. The second kappa shape index (κ2) is 4.52. The van der Waals surface area contributed by atoms with Crippen LogP contribution < -0.4 is 11.1 Å². The van der Waals surface area contributed by atoms with Crippen LogP contribution in [0.15, 0.2) is 6.07 Å². The molecular formula is C11H16N6O. The molecule has 0 bridgehead atoms. The summed E-state index contributed by atoms with van der Waals surface area (Å²) in [6.45, 7) is 3.80.